The Kier molecular flexibility index (Phi) is 7.34. The summed E-state index contributed by atoms with van der Waals surface area (Å²) in [7, 11) is 0. The minimum atomic E-state index is -0.168. The minimum Gasteiger partial charge on any atom is -0.484 e. The van der Waals surface area contributed by atoms with Gasteiger partial charge in [0.1, 0.15) is 17.2 Å². The number of likely N-dealkylation sites (tertiary alicyclic amines) is 1. The molecule has 0 bridgehead atoms. The third-order valence-electron chi connectivity index (χ3n) is 5.87. The monoisotopic (exact) mass is 516 g/mol. The minimum absolute atomic E-state index is 0.0138. The van der Waals surface area contributed by atoms with Crippen molar-refractivity contribution < 1.29 is 19.1 Å². The van der Waals surface area contributed by atoms with E-state index >= 15 is 0 Å². The fourth-order valence-corrected chi connectivity index (χ4v) is 5.29. The van der Waals surface area contributed by atoms with Crippen LogP contribution in [0, 0.1) is 0 Å². The maximum absolute atomic E-state index is 13.1. The Morgan fingerprint density at radius 1 is 0.889 bits per heavy atom. The van der Waals surface area contributed by atoms with Crippen LogP contribution in [0.4, 0.5) is 5.69 Å². The predicted molar refractivity (Wildman–Crippen MR) is 146 cm³/mol. The van der Waals surface area contributed by atoms with E-state index in [1.165, 1.54) is 16.7 Å². The molecule has 3 aromatic rings. The second kappa shape index (κ2) is 11.0. The van der Waals surface area contributed by atoms with Gasteiger partial charge in [-0.25, -0.2) is 0 Å². The standard InChI is InChI=1S/C28H24N2O4S2/c31-26(29-16-4-5-17-29)19-33-22-12-8-20(9-13-22)18-25-27(32)30(28(35)36-25)21-10-14-24(15-11-21)34-23-6-2-1-3-7-23/h1-3,6-15,18H,4-5,16-17,19H2/b25-18-. The summed E-state index contributed by atoms with van der Waals surface area (Å²) in [5.74, 6) is 1.88. The van der Waals surface area contributed by atoms with Gasteiger partial charge in [0.05, 0.1) is 10.6 Å². The number of anilines is 1. The Labute approximate surface area is 219 Å². The largest absolute Gasteiger partial charge is 0.484 e. The number of thioether (sulfide) groups is 1. The first-order valence-electron chi connectivity index (χ1n) is 11.7. The van der Waals surface area contributed by atoms with Crippen molar-refractivity contribution in [2.45, 2.75) is 12.8 Å². The SMILES string of the molecule is O=C(COc1ccc(/C=C2\SC(=S)N(c3ccc(Oc4ccccc4)cc3)C2=O)cc1)N1CCCC1. The van der Waals surface area contributed by atoms with E-state index in [-0.39, 0.29) is 18.4 Å². The molecule has 0 N–H and O–H groups in total. The zero-order chi connectivity index (χ0) is 24.9. The first-order chi connectivity index (χ1) is 17.6. The van der Waals surface area contributed by atoms with Gasteiger partial charge in [-0.2, -0.15) is 0 Å². The number of nitrogens with zero attached hydrogens (tertiary/aromatic N) is 2. The lowest BCUT2D eigenvalue weighted by Crippen LogP contribution is -2.32. The summed E-state index contributed by atoms with van der Waals surface area (Å²) < 4.78 is 11.9. The van der Waals surface area contributed by atoms with Crippen LogP contribution < -0.4 is 14.4 Å². The van der Waals surface area contributed by atoms with Gasteiger partial charge in [-0.1, -0.05) is 54.3 Å². The van der Waals surface area contributed by atoms with Gasteiger partial charge < -0.3 is 14.4 Å². The first-order valence-corrected chi connectivity index (χ1v) is 12.9. The van der Waals surface area contributed by atoms with Crippen LogP contribution in [0.15, 0.2) is 83.8 Å². The van der Waals surface area contributed by atoms with Gasteiger partial charge in [0.15, 0.2) is 10.9 Å². The van der Waals surface area contributed by atoms with Crippen LogP contribution in [0.2, 0.25) is 0 Å². The molecule has 2 aliphatic rings. The van der Waals surface area contributed by atoms with E-state index in [1.807, 2.05) is 77.7 Å². The van der Waals surface area contributed by atoms with E-state index in [1.54, 1.807) is 12.1 Å². The van der Waals surface area contributed by atoms with Crippen molar-refractivity contribution in [1.82, 2.24) is 4.90 Å². The first kappa shape index (κ1) is 24.1. The van der Waals surface area contributed by atoms with Gasteiger partial charge in [0.25, 0.3) is 11.8 Å². The molecule has 0 aromatic heterocycles. The number of para-hydroxylation sites is 1. The van der Waals surface area contributed by atoms with Gasteiger partial charge in [-0.15, -0.1) is 0 Å². The van der Waals surface area contributed by atoms with E-state index in [9.17, 15) is 9.59 Å². The third kappa shape index (κ3) is 5.61. The highest BCUT2D eigenvalue weighted by molar-refractivity contribution is 8.27. The maximum atomic E-state index is 13.1. The Morgan fingerprint density at radius 3 is 2.22 bits per heavy atom. The van der Waals surface area contributed by atoms with E-state index in [0.717, 1.165) is 37.2 Å². The number of amides is 2. The van der Waals surface area contributed by atoms with Crippen molar-refractivity contribution in [2.24, 2.45) is 0 Å². The quantitative estimate of drug-likeness (QED) is 0.289. The van der Waals surface area contributed by atoms with Gasteiger partial charge in [-0.3, -0.25) is 14.5 Å². The van der Waals surface area contributed by atoms with Crippen molar-refractivity contribution in [1.29, 1.82) is 0 Å². The van der Waals surface area contributed by atoms with Crippen molar-refractivity contribution in [2.75, 3.05) is 24.6 Å². The van der Waals surface area contributed by atoms with Crippen LogP contribution in [0.1, 0.15) is 18.4 Å². The molecule has 0 unspecified atom stereocenters. The topological polar surface area (TPSA) is 59.1 Å². The van der Waals surface area contributed by atoms with E-state index in [2.05, 4.69) is 0 Å². The lowest BCUT2D eigenvalue weighted by Gasteiger charge is -2.15. The molecular weight excluding hydrogens is 492 g/mol. The second-order valence-electron chi connectivity index (χ2n) is 8.37. The molecule has 0 spiro atoms. The van der Waals surface area contributed by atoms with E-state index in [0.29, 0.717) is 26.4 Å². The Bertz CT molecular complexity index is 1290. The van der Waals surface area contributed by atoms with Crippen LogP contribution in [0.25, 0.3) is 6.08 Å². The van der Waals surface area contributed by atoms with Crippen molar-refractivity contribution in [3.8, 4) is 17.2 Å². The molecule has 36 heavy (non-hydrogen) atoms. The van der Waals surface area contributed by atoms with Crippen LogP contribution in [-0.4, -0.2) is 40.7 Å². The zero-order valence-corrected chi connectivity index (χ0v) is 21.1. The summed E-state index contributed by atoms with van der Waals surface area (Å²) in [6, 6.07) is 24.1. The van der Waals surface area contributed by atoms with Crippen LogP contribution >= 0.6 is 24.0 Å². The Balaban J connectivity index is 1.21. The van der Waals surface area contributed by atoms with Crippen LogP contribution in [0.3, 0.4) is 0 Å². The molecule has 2 heterocycles. The summed E-state index contributed by atoms with van der Waals surface area (Å²) in [6.45, 7) is 1.66. The number of thiocarbonyl (C=S) groups is 1. The number of benzene rings is 3. The molecule has 0 radical (unpaired) electrons. The summed E-state index contributed by atoms with van der Waals surface area (Å²) >= 11 is 6.76. The highest BCUT2D eigenvalue weighted by Crippen LogP contribution is 2.37. The molecule has 2 fully saturated rings. The lowest BCUT2D eigenvalue weighted by atomic mass is 10.2. The summed E-state index contributed by atoms with van der Waals surface area (Å²) in [5.41, 5.74) is 1.54. The maximum Gasteiger partial charge on any atom is 0.270 e. The van der Waals surface area contributed by atoms with Crippen molar-refractivity contribution >= 4 is 51.9 Å². The normalized spacial score (nSPS) is 16.6. The predicted octanol–water partition coefficient (Wildman–Crippen LogP) is 5.89. The molecule has 8 heteroatoms. The van der Waals surface area contributed by atoms with Gasteiger partial charge in [0.2, 0.25) is 0 Å². The molecule has 2 saturated heterocycles. The molecule has 5 rings (SSSR count). The van der Waals surface area contributed by atoms with Crippen LogP contribution in [0.5, 0.6) is 17.2 Å². The smallest absolute Gasteiger partial charge is 0.270 e. The Morgan fingerprint density at radius 2 is 1.53 bits per heavy atom. The number of rotatable bonds is 7. The summed E-state index contributed by atoms with van der Waals surface area (Å²) in [6.07, 6.45) is 3.92. The van der Waals surface area contributed by atoms with Gasteiger partial charge in [-0.05, 0) is 73.0 Å². The van der Waals surface area contributed by atoms with Crippen molar-refractivity contribution in [3.63, 3.8) is 0 Å². The number of ether oxygens (including phenoxy) is 2. The third-order valence-corrected chi connectivity index (χ3v) is 7.17. The molecule has 3 aromatic carbocycles. The van der Waals surface area contributed by atoms with E-state index in [4.69, 9.17) is 21.7 Å². The number of hydrogen-bond acceptors (Lipinski definition) is 6. The summed E-state index contributed by atoms with van der Waals surface area (Å²) in [5, 5.41) is 0. The molecule has 2 aliphatic heterocycles. The molecule has 0 aliphatic carbocycles. The van der Waals surface area contributed by atoms with Crippen LogP contribution in [-0.2, 0) is 9.59 Å². The highest BCUT2D eigenvalue weighted by Gasteiger charge is 2.33. The molecule has 2 amide bonds. The van der Waals surface area contributed by atoms with Crippen molar-refractivity contribution in [3.05, 3.63) is 89.3 Å². The zero-order valence-electron chi connectivity index (χ0n) is 19.5. The summed E-state index contributed by atoms with van der Waals surface area (Å²) in [4.78, 5) is 29.2. The number of carbonyl (C=O) groups is 2. The molecule has 0 atom stereocenters. The van der Waals surface area contributed by atoms with E-state index < -0.39 is 0 Å². The van der Waals surface area contributed by atoms with Gasteiger partial charge in [0, 0.05) is 13.1 Å². The average molecular weight is 517 g/mol. The lowest BCUT2D eigenvalue weighted by molar-refractivity contribution is -0.132. The molecule has 182 valence electrons. The number of carbonyl (C=O) groups excluding carboxylic acids is 2. The van der Waals surface area contributed by atoms with Gasteiger partial charge >= 0.3 is 0 Å². The fraction of sp³-hybridized carbons (Fsp3) is 0.179. The molecule has 6 nitrogen and oxygen atoms in total. The average Bonchev–Trinajstić information content (AvgIpc) is 3.53. The Hall–Kier alpha value is -3.62. The molecule has 0 saturated carbocycles. The number of hydrogen-bond donors (Lipinski definition) is 0. The highest BCUT2D eigenvalue weighted by atomic mass is 32.2. The second-order valence-corrected chi connectivity index (χ2v) is 10.0. The fourth-order valence-electron chi connectivity index (χ4n) is 3.99. The molecular formula is C28H24N2O4S2.